The molecule has 7 nitrogen and oxygen atoms in total. The van der Waals surface area contributed by atoms with Crippen LogP contribution in [0.1, 0.15) is 11.4 Å². The van der Waals surface area contributed by atoms with E-state index in [2.05, 4.69) is 20.7 Å². The third kappa shape index (κ3) is 4.96. The highest BCUT2D eigenvalue weighted by Gasteiger charge is 2.06. The highest BCUT2D eigenvalue weighted by Crippen LogP contribution is 2.26. The van der Waals surface area contributed by atoms with Crippen molar-refractivity contribution in [2.24, 2.45) is 7.05 Å². The molecule has 0 unspecified atom stereocenters. The van der Waals surface area contributed by atoms with Crippen LogP contribution in [0.4, 0.5) is 0 Å². The Morgan fingerprint density at radius 1 is 1.38 bits per heavy atom. The quantitative estimate of drug-likeness (QED) is 0.738. The number of nitrogens with zero attached hydrogens (tertiary/aromatic N) is 4. The fourth-order valence-corrected chi connectivity index (χ4v) is 1.96. The lowest BCUT2D eigenvalue weighted by molar-refractivity contribution is 0.199. The van der Waals surface area contributed by atoms with Gasteiger partial charge in [0.05, 0.1) is 18.7 Å². The number of nitrogens with one attached hydrogen (secondary N) is 1. The van der Waals surface area contributed by atoms with Crippen molar-refractivity contribution in [1.82, 2.24) is 25.5 Å². The maximum atomic E-state index is 6.20. The lowest BCUT2D eigenvalue weighted by atomic mass is 10.2. The summed E-state index contributed by atoms with van der Waals surface area (Å²) < 4.78 is 10.6. The molecule has 1 aromatic carbocycles. The third-order valence-corrected chi connectivity index (χ3v) is 3.01. The fraction of sp³-hybridized carbons (Fsp3) is 0.462. The Hall–Kier alpha value is -1.70. The summed E-state index contributed by atoms with van der Waals surface area (Å²) in [6.07, 6.45) is 0. The van der Waals surface area contributed by atoms with Crippen LogP contribution in [0, 0.1) is 0 Å². The summed E-state index contributed by atoms with van der Waals surface area (Å²) in [6.45, 7) is 2.44. The van der Waals surface area contributed by atoms with Crippen LogP contribution in [0.15, 0.2) is 18.2 Å². The smallest absolute Gasteiger partial charge is 0.212 e. The van der Waals surface area contributed by atoms with Crippen LogP contribution in [0.3, 0.4) is 0 Å². The van der Waals surface area contributed by atoms with Crippen molar-refractivity contribution in [3.63, 3.8) is 0 Å². The van der Waals surface area contributed by atoms with Gasteiger partial charge < -0.3 is 14.8 Å². The summed E-state index contributed by atoms with van der Waals surface area (Å²) in [5.41, 5.74) is 1.08. The number of methoxy groups -OCH3 is 1. The highest BCUT2D eigenvalue weighted by atomic mass is 35.5. The van der Waals surface area contributed by atoms with Crippen molar-refractivity contribution >= 4 is 11.6 Å². The Bertz CT molecular complexity index is 575. The number of rotatable bonds is 8. The molecule has 1 aromatic heterocycles. The first-order chi connectivity index (χ1) is 10.2. The van der Waals surface area contributed by atoms with Gasteiger partial charge in [0, 0.05) is 20.2 Å². The van der Waals surface area contributed by atoms with Gasteiger partial charge in [0.15, 0.2) is 6.61 Å². The average Bonchev–Trinajstić information content (AvgIpc) is 2.88. The van der Waals surface area contributed by atoms with Crippen LogP contribution in [0.5, 0.6) is 5.75 Å². The summed E-state index contributed by atoms with van der Waals surface area (Å²) in [6, 6.07) is 5.68. The first-order valence-electron chi connectivity index (χ1n) is 6.53. The van der Waals surface area contributed by atoms with Gasteiger partial charge in [-0.3, -0.25) is 0 Å². The first-order valence-corrected chi connectivity index (χ1v) is 6.90. The van der Waals surface area contributed by atoms with E-state index in [4.69, 9.17) is 21.1 Å². The van der Waals surface area contributed by atoms with Gasteiger partial charge in [0.25, 0.3) is 0 Å². The summed E-state index contributed by atoms with van der Waals surface area (Å²) in [7, 11) is 3.38. The molecule has 0 bridgehead atoms. The summed E-state index contributed by atoms with van der Waals surface area (Å²) in [5.74, 6) is 1.11. The maximum Gasteiger partial charge on any atom is 0.212 e. The zero-order valence-electron chi connectivity index (χ0n) is 12.0. The predicted octanol–water partition coefficient (Wildman–Crippen LogP) is 1.18. The molecule has 0 aliphatic carbocycles. The van der Waals surface area contributed by atoms with Gasteiger partial charge in [-0.1, -0.05) is 17.7 Å². The standard InChI is InChI=1S/C13H18ClN5O2/c1-19-17-13(16-18-19)9-21-12-4-3-10(7-11(12)14)8-15-5-6-20-2/h3-4,7,15H,5-6,8-9H2,1-2H3. The van der Waals surface area contributed by atoms with Crippen molar-refractivity contribution in [2.75, 3.05) is 20.3 Å². The van der Waals surface area contributed by atoms with Crippen LogP contribution in [0.2, 0.25) is 5.02 Å². The van der Waals surface area contributed by atoms with Crippen LogP contribution in [-0.4, -0.2) is 40.5 Å². The molecule has 1 heterocycles. The van der Waals surface area contributed by atoms with Gasteiger partial charge in [-0.05, 0) is 22.9 Å². The van der Waals surface area contributed by atoms with Gasteiger partial charge in [0.1, 0.15) is 5.75 Å². The molecular formula is C13H18ClN5O2. The number of aryl methyl sites for hydroxylation is 1. The molecule has 0 spiro atoms. The lowest BCUT2D eigenvalue weighted by Gasteiger charge is -2.09. The molecule has 0 aliphatic rings. The van der Waals surface area contributed by atoms with Crippen LogP contribution < -0.4 is 10.1 Å². The zero-order valence-corrected chi connectivity index (χ0v) is 12.8. The normalized spacial score (nSPS) is 10.8. The maximum absolute atomic E-state index is 6.20. The van der Waals surface area contributed by atoms with E-state index in [9.17, 15) is 0 Å². The number of hydrogen-bond acceptors (Lipinski definition) is 6. The van der Waals surface area contributed by atoms with Gasteiger partial charge in [-0.2, -0.15) is 4.80 Å². The molecule has 0 saturated carbocycles. The Morgan fingerprint density at radius 2 is 2.24 bits per heavy atom. The van der Waals surface area contributed by atoms with E-state index < -0.39 is 0 Å². The first kappa shape index (κ1) is 15.7. The number of aromatic nitrogens is 4. The second-order valence-electron chi connectivity index (χ2n) is 4.42. The molecule has 0 aliphatic heterocycles. The van der Waals surface area contributed by atoms with E-state index >= 15 is 0 Å². The highest BCUT2D eigenvalue weighted by molar-refractivity contribution is 6.32. The summed E-state index contributed by atoms with van der Waals surface area (Å²) in [4.78, 5) is 1.38. The molecule has 2 rings (SSSR count). The number of hydrogen-bond donors (Lipinski definition) is 1. The minimum atomic E-state index is 0.235. The molecule has 0 amide bonds. The van der Waals surface area contributed by atoms with Gasteiger partial charge in [-0.15, -0.1) is 10.2 Å². The van der Waals surface area contributed by atoms with E-state index in [0.29, 0.717) is 23.2 Å². The SMILES string of the molecule is COCCNCc1ccc(OCc2nnn(C)n2)c(Cl)c1. The van der Waals surface area contributed by atoms with E-state index in [1.165, 1.54) is 4.80 Å². The van der Waals surface area contributed by atoms with Crippen LogP contribution in [0.25, 0.3) is 0 Å². The Labute approximate surface area is 128 Å². The number of halogens is 1. The van der Waals surface area contributed by atoms with Crippen molar-refractivity contribution < 1.29 is 9.47 Å². The van der Waals surface area contributed by atoms with Gasteiger partial charge >= 0.3 is 0 Å². The summed E-state index contributed by atoms with van der Waals surface area (Å²) in [5, 5.41) is 15.4. The largest absolute Gasteiger partial charge is 0.484 e. The van der Waals surface area contributed by atoms with Crippen molar-refractivity contribution in [2.45, 2.75) is 13.2 Å². The predicted molar refractivity (Wildman–Crippen MR) is 78.2 cm³/mol. The second-order valence-corrected chi connectivity index (χ2v) is 4.83. The van der Waals surface area contributed by atoms with E-state index in [0.717, 1.165) is 18.7 Å². The molecule has 0 radical (unpaired) electrons. The Kier molecular flexibility index (Phi) is 5.91. The van der Waals surface area contributed by atoms with Gasteiger partial charge in [-0.25, -0.2) is 0 Å². The molecular weight excluding hydrogens is 294 g/mol. The Morgan fingerprint density at radius 3 is 2.90 bits per heavy atom. The van der Waals surface area contributed by atoms with Crippen molar-refractivity contribution in [3.05, 3.63) is 34.6 Å². The molecule has 0 fully saturated rings. The monoisotopic (exact) mass is 311 g/mol. The van der Waals surface area contributed by atoms with Crippen LogP contribution >= 0.6 is 11.6 Å². The lowest BCUT2D eigenvalue weighted by Crippen LogP contribution is -2.18. The molecule has 8 heteroatoms. The topological polar surface area (TPSA) is 74.1 Å². The molecule has 2 aromatic rings. The molecule has 114 valence electrons. The number of ether oxygens (including phenoxy) is 2. The van der Waals surface area contributed by atoms with Crippen molar-refractivity contribution in [1.29, 1.82) is 0 Å². The van der Waals surface area contributed by atoms with Crippen molar-refractivity contribution in [3.8, 4) is 5.75 Å². The van der Waals surface area contributed by atoms with E-state index in [-0.39, 0.29) is 6.61 Å². The second kappa shape index (κ2) is 7.92. The zero-order chi connectivity index (χ0) is 15.1. The summed E-state index contributed by atoms with van der Waals surface area (Å²) >= 11 is 6.20. The molecule has 1 N–H and O–H groups in total. The fourth-order valence-electron chi connectivity index (χ4n) is 1.70. The van der Waals surface area contributed by atoms with Gasteiger partial charge in [0.2, 0.25) is 5.82 Å². The third-order valence-electron chi connectivity index (χ3n) is 2.71. The molecule has 21 heavy (non-hydrogen) atoms. The van der Waals surface area contributed by atoms with E-state index in [1.807, 2.05) is 18.2 Å². The van der Waals surface area contributed by atoms with E-state index in [1.54, 1.807) is 14.2 Å². The number of tetrazole rings is 1. The molecule has 0 saturated heterocycles. The number of benzene rings is 1. The van der Waals surface area contributed by atoms with Crippen LogP contribution in [-0.2, 0) is 24.9 Å². The minimum absolute atomic E-state index is 0.235. The average molecular weight is 312 g/mol. The minimum Gasteiger partial charge on any atom is -0.484 e. The molecule has 0 atom stereocenters. The Balaban J connectivity index is 1.86.